The number of rotatable bonds is 2. The zero-order valence-electron chi connectivity index (χ0n) is 8.53. The zero-order valence-corrected chi connectivity index (χ0v) is 8.53. The van der Waals surface area contributed by atoms with Gasteiger partial charge in [-0.2, -0.15) is 0 Å². The van der Waals surface area contributed by atoms with Crippen molar-refractivity contribution in [3.8, 4) is 0 Å². The van der Waals surface area contributed by atoms with Gasteiger partial charge < -0.3 is 10.0 Å². The monoisotopic (exact) mass is 186 g/mol. The summed E-state index contributed by atoms with van der Waals surface area (Å²) in [7, 11) is 2.08. The summed E-state index contributed by atoms with van der Waals surface area (Å²) in [5, 5.41) is 8.83. The van der Waals surface area contributed by atoms with Crippen molar-refractivity contribution in [2.45, 2.75) is 25.9 Å². The molecule has 4 heteroatoms. The Labute approximate surface area is 79.1 Å². The molecular weight excluding hydrogens is 168 g/mol. The fourth-order valence-corrected chi connectivity index (χ4v) is 1.58. The molecule has 1 N–H and O–H groups in total. The van der Waals surface area contributed by atoms with Gasteiger partial charge in [-0.1, -0.05) is 0 Å². The van der Waals surface area contributed by atoms with Gasteiger partial charge in [-0.3, -0.25) is 9.69 Å². The van der Waals surface area contributed by atoms with Crippen LogP contribution in [0.4, 0.5) is 0 Å². The van der Waals surface area contributed by atoms with Gasteiger partial charge in [0.15, 0.2) is 0 Å². The van der Waals surface area contributed by atoms with Crippen LogP contribution in [-0.4, -0.2) is 59.6 Å². The second-order valence-electron chi connectivity index (χ2n) is 3.84. The first-order chi connectivity index (χ1) is 6.02. The highest BCUT2D eigenvalue weighted by Crippen LogP contribution is 2.10. The third-order valence-corrected chi connectivity index (χ3v) is 2.90. The maximum Gasteiger partial charge on any atom is 0.320 e. The maximum absolute atomic E-state index is 10.7. The number of hydrogen-bond donors (Lipinski definition) is 1. The molecule has 1 fully saturated rings. The van der Waals surface area contributed by atoms with Crippen LogP contribution >= 0.6 is 0 Å². The van der Waals surface area contributed by atoms with E-state index in [1.54, 1.807) is 6.92 Å². The molecule has 1 aliphatic heterocycles. The lowest BCUT2D eigenvalue weighted by molar-refractivity contribution is -0.143. The molecule has 0 spiro atoms. The lowest BCUT2D eigenvalue weighted by Gasteiger charge is -2.39. The Morgan fingerprint density at radius 2 is 2.15 bits per heavy atom. The smallest absolute Gasteiger partial charge is 0.320 e. The third kappa shape index (κ3) is 2.42. The van der Waals surface area contributed by atoms with Crippen LogP contribution in [0.3, 0.4) is 0 Å². The minimum Gasteiger partial charge on any atom is -0.480 e. The van der Waals surface area contributed by atoms with Crippen LogP contribution in [0.1, 0.15) is 13.8 Å². The highest BCUT2D eigenvalue weighted by Gasteiger charge is 2.27. The summed E-state index contributed by atoms with van der Waals surface area (Å²) >= 11 is 0. The summed E-state index contributed by atoms with van der Waals surface area (Å²) in [5.41, 5.74) is 0. The lowest BCUT2D eigenvalue weighted by atomic mass is 10.1. The van der Waals surface area contributed by atoms with Gasteiger partial charge in [0.25, 0.3) is 0 Å². The van der Waals surface area contributed by atoms with Crippen molar-refractivity contribution in [1.82, 2.24) is 9.80 Å². The van der Waals surface area contributed by atoms with E-state index in [4.69, 9.17) is 5.11 Å². The Hall–Kier alpha value is -0.610. The van der Waals surface area contributed by atoms with Crippen molar-refractivity contribution in [2.75, 3.05) is 26.7 Å². The van der Waals surface area contributed by atoms with Gasteiger partial charge in [-0.05, 0) is 20.9 Å². The minimum absolute atomic E-state index is 0.351. The number of nitrogens with zero attached hydrogens (tertiary/aromatic N) is 2. The van der Waals surface area contributed by atoms with Gasteiger partial charge in [-0.25, -0.2) is 0 Å². The predicted octanol–water partition coefficient (Wildman–Crippen LogP) is 0.0954. The largest absolute Gasteiger partial charge is 0.480 e. The van der Waals surface area contributed by atoms with Crippen LogP contribution in [0.2, 0.25) is 0 Å². The van der Waals surface area contributed by atoms with E-state index in [9.17, 15) is 4.79 Å². The minimum atomic E-state index is -0.725. The van der Waals surface area contributed by atoms with E-state index < -0.39 is 5.97 Å². The van der Waals surface area contributed by atoms with E-state index in [0.29, 0.717) is 6.04 Å². The molecule has 0 amide bonds. The van der Waals surface area contributed by atoms with Gasteiger partial charge in [0, 0.05) is 25.7 Å². The standard InChI is InChI=1S/C9H18N2O2/c1-7-6-11(5-4-10(7)3)8(2)9(12)13/h7-8H,4-6H2,1-3H3,(H,12,13)/t7-,8?/m0/s1. The van der Waals surface area contributed by atoms with Gasteiger partial charge in [0.05, 0.1) is 0 Å². The topological polar surface area (TPSA) is 43.8 Å². The van der Waals surface area contributed by atoms with Crippen molar-refractivity contribution < 1.29 is 9.90 Å². The summed E-state index contributed by atoms with van der Waals surface area (Å²) in [6.07, 6.45) is 0. The second kappa shape index (κ2) is 4.07. The van der Waals surface area contributed by atoms with E-state index in [2.05, 4.69) is 18.9 Å². The van der Waals surface area contributed by atoms with Gasteiger partial charge >= 0.3 is 5.97 Å². The number of carbonyl (C=O) groups is 1. The van der Waals surface area contributed by atoms with E-state index >= 15 is 0 Å². The van der Waals surface area contributed by atoms with Crippen LogP contribution in [0.5, 0.6) is 0 Å². The van der Waals surface area contributed by atoms with Crippen molar-refractivity contribution in [3.05, 3.63) is 0 Å². The summed E-state index contributed by atoms with van der Waals surface area (Å²) in [6.45, 7) is 6.54. The first kappa shape index (κ1) is 10.5. The molecule has 0 aromatic heterocycles. The number of carboxylic acid groups (broad SMARTS) is 1. The molecule has 1 aliphatic rings. The molecule has 76 valence electrons. The van der Waals surface area contributed by atoms with Crippen LogP contribution in [-0.2, 0) is 4.79 Å². The van der Waals surface area contributed by atoms with Crippen LogP contribution < -0.4 is 0 Å². The highest BCUT2D eigenvalue weighted by atomic mass is 16.4. The van der Waals surface area contributed by atoms with E-state index in [0.717, 1.165) is 19.6 Å². The second-order valence-corrected chi connectivity index (χ2v) is 3.84. The summed E-state index contributed by atoms with van der Waals surface area (Å²) in [6, 6.07) is 0.103. The predicted molar refractivity (Wildman–Crippen MR) is 50.8 cm³/mol. The molecule has 4 nitrogen and oxygen atoms in total. The number of carboxylic acids is 1. The van der Waals surface area contributed by atoms with Gasteiger partial charge in [-0.15, -0.1) is 0 Å². The summed E-state index contributed by atoms with van der Waals surface area (Å²) in [4.78, 5) is 15.0. The van der Waals surface area contributed by atoms with Crippen molar-refractivity contribution in [3.63, 3.8) is 0 Å². The number of likely N-dealkylation sites (N-methyl/N-ethyl adjacent to an activating group) is 1. The van der Waals surface area contributed by atoms with E-state index in [1.807, 2.05) is 4.90 Å². The van der Waals surface area contributed by atoms with E-state index in [-0.39, 0.29) is 6.04 Å². The molecule has 0 bridgehead atoms. The van der Waals surface area contributed by atoms with Crippen LogP contribution in [0.15, 0.2) is 0 Å². The Morgan fingerprint density at radius 3 is 2.62 bits per heavy atom. The number of hydrogen-bond acceptors (Lipinski definition) is 3. The molecule has 1 saturated heterocycles. The molecule has 2 atom stereocenters. The average molecular weight is 186 g/mol. The number of piperazine rings is 1. The zero-order chi connectivity index (χ0) is 10.0. The fraction of sp³-hybridized carbons (Fsp3) is 0.889. The summed E-state index contributed by atoms with van der Waals surface area (Å²) in [5.74, 6) is -0.725. The van der Waals surface area contributed by atoms with Gasteiger partial charge in [0.1, 0.15) is 6.04 Å². The van der Waals surface area contributed by atoms with Crippen molar-refractivity contribution >= 4 is 5.97 Å². The van der Waals surface area contributed by atoms with E-state index in [1.165, 1.54) is 0 Å². The van der Waals surface area contributed by atoms with Crippen molar-refractivity contribution in [1.29, 1.82) is 0 Å². The van der Waals surface area contributed by atoms with Crippen LogP contribution in [0.25, 0.3) is 0 Å². The molecule has 13 heavy (non-hydrogen) atoms. The molecule has 1 unspecified atom stereocenters. The molecule has 0 radical (unpaired) electrons. The molecule has 0 aromatic carbocycles. The first-order valence-electron chi connectivity index (χ1n) is 4.69. The lowest BCUT2D eigenvalue weighted by Crippen LogP contribution is -2.54. The first-order valence-corrected chi connectivity index (χ1v) is 4.69. The Kier molecular flexibility index (Phi) is 3.27. The summed E-state index contributed by atoms with van der Waals surface area (Å²) < 4.78 is 0. The molecule has 1 heterocycles. The SMILES string of the molecule is CC(C(=O)O)N1CCN(C)[C@@H](C)C1. The van der Waals surface area contributed by atoms with Gasteiger partial charge in [0.2, 0.25) is 0 Å². The average Bonchev–Trinajstić information content (AvgIpc) is 2.08. The number of aliphatic carboxylic acids is 1. The normalized spacial score (nSPS) is 28.7. The highest BCUT2D eigenvalue weighted by molar-refractivity contribution is 5.72. The molecule has 0 aromatic rings. The fourth-order valence-electron chi connectivity index (χ4n) is 1.58. The Bertz CT molecular complexity index is 196. The molecule has 0 aliphatic carbocycles. The quantitative estimate of drug-likeness (QED) is 0.664. The molecule has 1 rings (SSSR count). The third-order valence-electron chi connectivity index (χ3n) is 2.90. The van der Waals surface area contributed by atoms with Crippen molar-refractivity contribution in [2.24, 2.45) is 0 Å². The van der Waals surface area contributed by atoms with Crippen LogP contribution in [0, 0.1) is 0 Å². The maximum atomic E-state index is 10.7. The Morgan fingerprint density at radius 1 is 1.54 bits per heavy atom. The molecule has 0 saturated carbocycles. The Balaban J connectivity index is 2.50. The molecular formula is C9H18N2O2.